The molecule has 0 atom stereocenters. The second kappa shape index (κ2) is 6.43. The largest absolute Gasteiger partial charge is 0.378 e. The molecule has 0 radical (unpaired) electrons. The van der Waals surface area contributed by atoms with Gasteiger partial charge in [-0.1, -0.05) is 18.2 Å². The number of nitrogens with zero attached hydrogens (tertiary/aromatic N) is 1. The Kier molecular flexibility index (Phi) is 4.31. The van der Waals surface area contributed by atoms with Crippen molar-refractivity contribution < 1.29 is 9.59 Å². The monoisotopic (exact) mass is 335 g/mol. The maximum atomic E-state index is 12.7. The molecule has 5 nitrogen and oxygen atoms in total. The number of carbonyl (C=O) groups is 2. The van der Waals surface area contributed by atoms with Crippen molar-refractivity contribution in [3.05, 3.63) is 59.3 Å². The van der Waals surface area contributed by atoms with Gasteiger partial charge in [-0.05, 0) is 43.7 Å². The van der Waals surface area contributed by atoms with Gasteiger partial charge in [-0.3, -0.25) is 9.59 Å². The molecule has 1 aromatic heterocycles. The van der Waals surface area contributed by atoms with E-state index in [0.717, 1.165) is 22.2 Å². The molecule has 0 unspecified atom stereocenters. The number of hydrogen-bond donors (Lipinski definition) is 2. The molecule has 0 fully saturated rings. The zero-order valence-electron chi connectivity index (χ0n) is 14.8. The highest BCUT2D eigenvalue weighted by molar-refractivity contribution is 6.48. The first-order chi connectivity index (χ1) is 11.9. The van der Waals surface area contributed by atoms with E-state index in [4.69, 9.17) is 0 Å². The Hall–Kier alpha value is -3.08. The Balaban J connectivity index is 1.88. The van der Waals surface area contributed by atoms with Gasteiger partial charge in [0.25, 0.3) is 11.7 Å². The summed E-state index contributed by atoms with van der Waals surface area (Å²) in [7, 11) is 3.91. The van der Waals surface area contributed by atoms with Crippen molar-refractivity contribution in [1.82, 2.24) is 4.98 Å². The van der Waals surface area contributed by atoms with Gasteiger partial charge >= 0.3 is 0 Å². The molecule has 0 aliphatic rings. The molecule has 0 bridgehead atoms. The van der Waals surface area contributed by atoms with Crippen LogP contribution in [-0.4, -0.2) is 30.8 Å². The first-order valence-corrected chi connectivity index (χ1v) is 8.09. The lowest BCUT2D eigenvalue weighted by Crippen LogP contribution is -2.24. The fraction of sp³-hybridized carbons (Fsp3) is 0.200. The molecule has 0 saturated heterocycles. The van der Waals surface area contributed by atoms with Crippen LogP contribution in [0, 0.1) is 13.8 Å². The minimum atomic E-state index is -0.631. The van der Waals surface area contributed by atoms with E-state index < -0.39 is 11.7 Å². The van der Waals surface area contributed by atoms with Crippen molar-refractivity contribution in [1.29, 1.82) is 0 Å². The topological polar surface area (TPSA) is 65.2 Å². The molecular formula is C20H21N3O2. The fourth-order valence-corrected chi connectivity index (χ4v) is 2.93. The first kappa shape index (κ1) is 16.8. The Morgan fingerprint density at radius 2 is 1.76 bits per heavy atom. The highest BCUT2D eigenvalue weighted by Crippen LogP contribution is 2.24. The number of anilines is 2. The van der Waals surface area contributed by atoms with Crippen LogP contribution in [0.1, 0.15) is 21.6 Å². The molecule has 1 amide bonds. The Labute approximate surface area is 146 Å². The number of aryl methyl sites for hydroxylation is 2. The molecule has 0 spiro atoms. The van der Waals surface area contributed by atoms with Crippen molar-refractivity contribution in [3.8, 4) is 0 Å². The van der Waals surface area contributed by atoms with E-state index in [1.807, 2.05) is 68.4 Å². The van der Waals surface area contributed by atoms with E-state index in [1.165, 1.54) is 0 Å². The van der Waals surface area contributed by atoms with Crippen molar-refractivity contribution in [2.75, 3.05) is 24.3 Å². The molecule has 1 heterocycles. The smallest absolute Gasteiger partial charge is 0.296 e. The van der Waals surface area contributed by atoms with Crippen molar-refractivity contribution in [2.24, 2.45) is 0 Å². The summed E-state index contributed by atoms with van der Waals surface area (Å²) in [6.07, 6.45) is 0. The van der Waals surface area contributed by atoms with Gasteiger partial charge in [-0.15, -0.1) is 0 Å². The third kappa shape index (κ3) is 3.13. The first-order valence-electron chi connectivity index (χ1n) is 8.09. The average molecular weight is 335 g/mol. The predicted molar refractivity (Wildman–Crippen MR) is 102 cm³/mol. The van der Waals surface area contributed by atoms with Crippen LogP contribution >= 0.6 is 0 Å². The molecule has 0 aliphatic heterocycles. The third-order valence-electron chi connectivity index (χ3n) is 4.30. The van der Waals surface area contributed by atoms with Crippen molar-refractivity contribution in [2.45, 2.75) is 13.8 Å². The summed E-state index contributed by atoms with van der Waals surface area (Å²) in [6.45, 7) is 3.71. The number of ketones is 1. The second-order valence-electron chi connectivity index (χ2n) is 6.35. The number of carbonyl (C=O) groups excluding carboxylic acids is 2. The number of rotatable bonds is 4. The standard InChI is InChI=1S/C20H21N3O2/c1-12-11-14(23(3)4)9-10-16(12)22-20(25)19(24)18-13(2)21-17-8-6-5-7-15(17)18/h5-11,21H,1-4H3,(H,22,25). The maximum absolute atomic E-state index is 12.7. The van der Waals surface area contributed by atoms with Crippen molar-refractivity contribution >= 4 is 34.0 Å². The summed E-state index contributed by atoms with van der Waals surface area (Å²) < 4.78 is 0. The quantitative estimate of drug-likeness (QED) is 0.565. The summed E-state index contributed by atoms with van der Waals surface area (Å²) in [5.41, 5.74) is 4.55. The zero-order chi connectivity index (χ0) is 18.1. The molecule has 2 aromatic carbocycles. The van der Waals surface area contributed by atoms with E-state index >= 15 is 0 Å². The van der Waals surface area contributed by atoms with Gasteiger partial charge in [-0.25, -0.2) is 0 Å². The minimum absolute atomic E-state index is 0.427. The molecule has 0 aliphatic carbocycles. The normalized spacial score (nSPS) is 10.7. The summed E-state index contributed by atoms with van der Waals surface area (Å²) in [5.74, 6) is -1.17. The van der Waals surface area contributed by atoms with Crippen LogP contribution in [-0.2, 0) is 4.79 Å². The number of para-hydroxylation sites is 1. The number of amides is 1. The Bertz CT molecular complexity index is 970. The van der Waals surface area contributed by atoms with Crippen LogP contribution in [0.3, 0.4) is 0 Å². The highest BCUT2D eigenvalue weighted by atomic mass is 16.2. The fourth-order valence-electron chi connectivity index (χ4n) is 2.93. The number of benzene rings is 2. The van der Waals surface area contributed by atoms with Crippen LogP contribution in [0.2, 0.25) is 0 Å². The van der Waals surface area contributed by atoms with E-state index in [2.05, 4.69) is 10.3 Å². The molecule has 2 N–H and O–H groups in total. The van der Waals surface area contributed by atoms with Crippen LogP contribution < -0.4 is 10.2 Å². The lowest BCUT2D eigenvalue weighted by Gasteiger charge is -2.15. The number of hydrogen-bond acceptors (Lipinski definition) is 3. The van der Waals surface area contributed by atoms with Crippen LogP contribution in [0.4, 0.5) is 11.4 Å². The molecule has 3 rings (SSSR count). The number of H-pyrrole nitrogens is 1. The van der Waals surface area contributed by atoms with Crippen LogP contribution in [0.15, 0.2) is 42.5 Å². The highest BCUT2D eigenvalue weighted by Gasteiger charge is 2.23. The minimum Gasteiger partial charge on any atom is -0.378 e. The SMILES string of the molecule is Cc1cc(N(C)C)ccc1NC(=O)C(=O)c1c(C)[nH]c2ccccc12. The van der Waals surface area contributed by atoms with Gasteiger partial charge in [0.2, 0.25) is 0 Å². The summed E-state index contributed by atoms with van der Waals surface area (Å²) in [6, 6.07) is 13.2. The molecule has 0 saturated carbocycles. The van der Waals surface area contributed by atoms with E-state index in [1.54, 1.807) is 6.92 Å². The lowest BCUT2D eigenvalue weighted by atomic mass is 10.1. The van der Waals surface area contributed by atoms with E-state index in [0.29, 0.717) is 16.9 Å². The number of fused-ring (bicyclic) bond motifs is 1. The van der Waals surface area contributed by atoms with Crippen molar-refractivity contribution in [3.63, 3.8) is 0 Å². The summed E-state index contributed by atoms with van der Waals surface area (Å²) >= 11 is 0. The van der Waals surface area contributed by atoms with Gasteiger partial charge in [0.05, 0.1) is 5.56 Å². The summed E-state index contributed by atoms with van der Waals surface area (Å²) in [5, 5.41) is 3.50. The van der Waals surface area contributed by atoms with Crippen LogP contribution in [0.25, 0.3) is 10.9 Å². The molecule has 25 heavy (non-hydrogen) atoms. The molecule has 5 heteroatoms. The number of nitrogens with one attached hydrogen (secondary N) is 2. The maximum Gasteiger partial charge on any atom is 0.296 e. The third-order valence-corrected chi connectivity index (χ3v) is 4.30. The van der Waals surface area contributed by atoms with Gasteiger partial charge in [0, 0.05) is 42.1 Å². The van der Waals surface area contributed by atoms with Crippen LogP contribution in [0.5, 0.6) is 0 Å². The molecular weight excluding hydrogens is 314 g/mol. The van der Waals surface area contributed by atoms with Gasteiger partial charge in [-0.2, -0.15) is 0 Å². The summed E-state index contributed by atoms with van der Waals surface area (Å²) in [4.78, 5) is 30.3. The number of aromatic nitrogens is 1. The average Bonchev–Trinajstić information content (AvgIpc) is 2.91. The lowest BCUT2D eigenvalue weighted by molar-refractivity contribution is -0.112. The van der Waals surface area contributed by atoms with Gasteiger partial charge < -0.3 is 15.2 Å². The van der Waals surface area contributed by atoms with E-state index in [-0.39, 0.29) is 0 Å². The van der Waals surface area contributed by atoms with E-state index in [9.17, 15) is 9.59 Å². The predicted octanol–water partition coefficient (Wildman–Crippen LogP) is 3.67. The number of aromatic amines is 1. The molecule has 128 valence electrons. The Morgan fingerprint density at radius 3 is 2.44 bits per heavy atom. The Morgan fingerprint density at radius 1 is 1.04 bits per heavy atom. The van der Waals surface area contributed by atoms with Gasteiger partial charge in [0.15, 0.2) is 0 Å². The number of Topliss-reactive ketones (excluding diaryl/α,β-unsaturated/α-hetero) is 1. The van der Waals surface area contributed by atoms with Gasteiger partial charge in [0.1, 0.15) is 0 Å². The second-order valence-corrected chi connectivity index (χ2v) is 6.35. The zero-order valence-corrected chi connectivity index (χ0v) is 14.8. The molecule has 3 aromatic rings.